The Balaban J connectivity index is 1.11. The van der Waals surface area contributed by atoms with Gasteiger partial charge in [0.25, 0.3) is 0 Å². The molecular weight excluding hydrogens is 697 g/mol. The van der Waals surface area contributed by atoms with Gasteiger partial charge in [0.15, 0.2) is 0 Å². The first-order chi connectivity index (χ1) is 28.3. The van der Waals surface area contributed by atoms with Crippen molar-refractivity contribution in [1.82, 2.24) is 19.1 Å². The van der Waals surface area contributed by atoms with E-state index < -0.39 is 0 Å². The van der Waals surface area contributed by atoms with Crippen molar-refractivity contribution < 1.29 is 4.42 Å². The van der Waals surface area contributed by atoms with E-state index in [1.54, 1.807) is 0 Å². The van der Waals surface area contributed by atoms with E-state index in [0.717, 1.165) is 77.0 Å². The van der Waals surface area contributed by atoms with Gasteiger partial charge in [-0.05, 0) is 82.2 Å². The molecule has 9 aromatic carbocycles. The summed E-state index contributed by atoms with van der Waals surface area (Å²) < 4.78 is 11.6. The van der Waals surface area contributed by atoms with Crippen molar-refractivity contribution >= 4 is 98.0 Å². The molecule has 13 aromatic rings. The lowest BCUT2D eigenvalue weighted by molar-refractivity contribution is 0.673. The number of furan rings is 1. The van der Waals surface area contributed by atoms with Crippen LogP contribution in [0.4, 0.5) is 0 Å². The van der Waals surface area contributed by atoms with Gasteiger partial charge in [0.1, 0.15) is 11.2 Å². The number of rotatable bonds is 3. The number of hydrogen-bond donors (Lipinski definition) is 0. The Labute approximate surface area is 325 Å². The summed E-state index contributed by atoms with van der Waals surface area (Å²) in [5, 5.41) is 12.6. The van der Waals surface area contributed by atoms with Crippen molar-refractivity contribution in [2.75, 3.05) is 0 Å². The summed E-state index contributed by atoms with van der Waals surface area (Å²) in [5.74, 6) is 0.625. The molecule has 264 valence electrons. The van der Waals surface area contributed by atoms with Crippen molar-refractivity contribution in [2.45, 2.75) is 0 Å². The van der Waals surface area contributed by atoms with Crippen molar-refractivity contribution in [3.05, 3.63) is 182 Å². The monoisotopic (exact) mass is 726 g/mol. The second-order valence-electron chi connectivity index (χ2n) is 15.0. The first kappa shape index (κ1) is 30.6. The number of fused-ring (bicyclic) bond motifs is 14. The molecule has 5 nitrogen and oxygen atoms in total. The molecular formula is C52H30N4O. The molecule has 57 heavy (non-hydrogen) atoms. The third kappa shape index (κ3) is 4.28. The van der Waals surface area contributed by atoms with Crippen molar-refractivity contribution in [3.63, 3.8) is 0 Å². The van der Waals surface area contributed by atoms with E-state index in [1.165, 1.54) is 38.0 Å². The molecule has 4 aromatic heterocycles. The van der Waals surface area contributed by atoms with Crippen LogP contribution in [-0.2, 0) is 0 Å². The SMILES string of the molecule is c1ccc(-c2nc(-n3c4ccc5ccccc5c4c4c5oc6ccc(-n7c8ccccc8c8cc9ccccc9cc87)cc6c5ccc43)nc3ccccc23)cc1. The summed E-state index contributed by atoms with van der Waals surface area (Å²) in [6.07, 6.45) is 0. The predicted octanol–water partition coefficient (Wildman–Crippen LogP) is 13.7. The maximum absolute atomic E-state index is 6.98. The zero-order valence-electron chi connectivity index (χ0n) is 30.5. The highest BCUT2D eigenvalue weighted by molar-refractivity contribution is 6.29. The Kier molecular flexibility index (Phi) is 6.10. The lowest BCUT2D eigenvalue weighted by atomic mass is 10.0. The minimum Gasteiger partial charge on any atom is -0.455 e. The van der Waals surface area contributed by atoms with Crippen LogP contribution < -0.4 is 0 Å². The molecule has 0 unspecified atom stereocenters. The minimum absolute atomic E-state index is 0.625. The molecule has 0 bridgehead atoms. The Morgan fingerprint density at radius 1 is 0.386 bits per heavy atom. The van der Waals surface area contributed by atoms with Crippen molar-refractivity contribution in [2.24, 2.45) is 0 Å². The molecule has 0 amide bonds. The van der Waals surface area contributed by atoms with Crippen LogP contribution in [0.5, 0.6) is 0 Å². The molecule has 4 heterocycles. The standard InChI is InChI=1S/C52H30N4O/c1-2-13-32(14-3-1)50-39-19-8-10-20-42(39)53-52(54-50)56-44-25-22-31-12-6-7-17-36(31)48(44)49-45(56)26-24-38-41-30-35(23-27-47(41)57-51(38)49)55-43-21-11-9-18-37(43)40-28-33-15-4-5-16-34(33)29-46(40)55/h1-30H. The number of hydrogen-bond acceptors (Lipinski definition) is 3. The Morgan fingerprint density at radius 2 is 1.09 bits per heavy atom. The topological polar surface area (TPSA) is 48.8 Å². The minimum atomic E-state index is 0.625. The first-order valence-corrected chi connectivity index (χ1v) is 19.3. The average Bonchev–Trinajstić information content (AvgIpc) is 3.92. The molecule has 5 heteroatoms. The summed E-state index contributed by atoms with van der Waals surface area (Å²) in [5.41, 5.74) is 10.0. The predicted molar refractivity (Wildman–Crippen MR) is 236 cm³/mol. The van der Waals surface area contributed by atoms with Crippen LogP contribution >= 0.6 is 0 Å². The summed E-state index contributed by atoms with van der Waals surface area (Å²) in [6.45, 7) is 0. The normalized spacial score (nSPS) is 12.2. The third-order valence-corrected chi connectivity index (χ3v) is 11.9. The van der Waals surface area contributed by atoms with Crippen LogP contribution in [0.25, 0.3) is 121 Å². The molecule has 0 aliphatic heterocycles. The zero-order valence-corrected chi connectivity index (χ0v) is 30.5. The van der Waals surface area contributed by atoms with Crippen LogP contribution in [0.15, 0.2) is 186 Å². The zero-order chi connectivity index (χ0) is 37.2. The summed E-state index contributed by atoms with van der Waals surface area (Å²) >= 11 is 0. The van der Waals surface area contributed by atoms with Gasteiger partial charge in [0.05, 0.1) is 38.7 Å². The molecule has 0 spiro atoms. The highest BCUT2D eigenvalue weighted by Crippen LogP contribution is 2.44. The van der Waals surface area contributed by atoms with E-state index >= 15 is 0 Å². The fourth-order valence-electron chi connectivity index (χ4n) is 9.35. The van der Waals surface area contributed by atoms with Gasteiger partial charge < -0.3 is 8.98 Å². The quantitative estimate of drug-likeness (QED) is 0.182. The summed E-state index contributed by atoms with van der Waals surface area (Å²) in [4.78, 5) is 10.6. The molecule has 0 atom stereocenters. The Hall–Kier alpha value is -7.76. The molecule has 0 aliphatic rings. The van der Waals surface area contributed by atoms with E-state index in [4.69, 9.17) is 14.4 Å². The third-order valence-electron chi connectivity index (χ3n) is 11.9. The molecule has 13 rings (SSSR count). The maximum atomic E-state index is 6.98. The largest absolute Gasteiger partial charge is 0.455 e. The summed E-state index contributed by atoms with van der Waals surface area (Å²) in [6, 6.07) is 64.7. The van der Waals surface area contributed by atoms with Crippen molar-refractivity contribution in [1.29, 1.82) is 0 Å². The lowest BCUT2D eigenvalue weighted by Gasteiger charge is -2.11. The fraction of sp³-hybridized carbons (Fsp3) is 0. The molecule has 0 radical (unpaired) electrons. The van der Waals surface area contributed by atoms with Gasteiger partial charge in [-0.25, -0.2) is 9.97 Å². The van der Waals surface area contributed by atoms with Gasteiger partial charge >= 0.3 is 0 Å². The van der Waals surface area contributed by atoms with Gasteiger partial charge in [0.2, 0.25) is 5.95 Å². The highest BCUT2D eigenvalue weighted by atomic mass is 16.3. The van der Waals surface area contributed by atoms with E-state index in [9.17, 15) is 0 Å². The van der Waals surface area contributed by atoms with E-state index in [0.29, 0.717) is 5.95 Å². The molecule has 0 saturated carbocycles. The fourth-order valence-corrected chi connectivity index (χ4v) is 9.35. The molecule has 0 saturated heterocycles. The number of para-hydroxylation sites is 2. The second-order valence-corrected chi connectivity index (χ2v) is 15.0. The van der Waals surface area contributed by atoms with Crippen LogP contribution in [-0.4, -0.2) is 19.1 Å². The molecule has 0 aliphatic carbocycles. The van der Waals surface area contributed by atoms with Crippen molar-refractivity contribution in [3.8, 4) is 22.9 Å². The molecule has 0 fully saturated rings. The summed E-state index contributed by atoms with van der Waals surface area (Å²) in [7, 11) is 0. The van der Waals surface area contributed by atoms with E-state index in [-0.39, 0.29) is 0 Å². The van der Waals surface area contributed by atoms with E-state index in [2.05, 4.69) is 179 Å². The first-order valence-electron chi connectivity index (χ1n) is 19.3. The second kappa shape index (κ2) is 11.4. The highest BCUT2D eigenvalue weighted by Gasteiger charge is 2.23. The van der Waals surface area contributed by atoms with Gasteiger partial charge in [-0.1, -0.05) is 121 Å². The number of nitrogens with zero attached hydrogens (tertiary/aromatic N) is 4. The average molecular weight is 727 g/mol. The molecule has 0 N–H and O–H groups in total. The lowest BCUT2D eigenvalue weighted by Crippen LogP contribution is -2.03. The smallest absolute Gasteiger partial charge is 0.235 e. The van der Waals surface area contributed by atoms with Crippen LogP contribution in [0.3, 0.4) is 0 Å². The van der Waals surface area contributed by atoms with Crippen LogP contribution in [0.2, 0.25) is 0 Å². The van der Waals surface area contributed by atoms with Gasteiger partial charge in [0, 0.05) is 43.6 Å². The number of benzene rings is 9. The number of aromatic nitrogens is 4. The van der Waals surface area contributed by atoms with Crippen LogP contribution in [0.1, 0.15) is 0 Å². The van der Waals surface area contributed by atoms with Crippen LogP contribution in [0, 0.1) is 0 Å². The Bertz CT molecular complexity index is 3810. The van der Waals surface area contributed by atoms with E-state index in [1.807, 2.05) is 12.1 Å². The maximum Gasteiger partial charge on any atom is 0.235 e. The van der Waals surface area contributed by atoms with Gasteiger partial charge in [-0.2, -0.15) is 0 Å². The Morgan fingerprint density at radius 3 is 1.96 bits per heavy atom. The van der Waals surface area contributed by atoms with Gasteiger partial charge in [-0.3, -0.25) is 4.57 Å². The van der Waals surface area contributed by atoms with Gasteiger partial charge in [-0.15, -0.1) is 0 Å².